The van der Waals surface area contributed by atoms with Gasteiger partial charge >= 0.3 is 0 Å². The highest BCUT2D eigenvalue weighted by atomic mass is 127. The van der Waals surface area contributed by atoms with Gasteiger partial charge < -0.3 is 15.0 Å². The normalized spacial score (nSPS) is 23.0. The molecule has 1 N–H and O–H groups in total. The van der Waals surface area contributed by atoms with Crippen LogP contribution >= 0.6 is 51.2 Å². The second-order valence-electron chi connectivity index (χ2n) is 5.70. The molecule has 2 saturated heterocycles. The standard InChI is InChI=1S/C15H23BrN4OS.HI/c1-17-15(18-9-12-8-14(16)22-11-12)20-3-2-13(10-20)19-4-6-21-7-5-19;/h8,11,13H,2-7,9-10H2,1H3,(H,17,18);1H. The van der Waals surface area contributed by atoms with E-state index >= 15 is 0 Å². The average molecular weight is 515 g/mol. The van der Waals surface area contributed by atoms with E-state index in [1.54, 1.807) is 11.3 Å². The number of ether oxygens (including phenoxy) is 1. The smallest absolute Gasteiger partial charge is 0.193 e. The first-order valence-electron chi connectivity index (χ1n) is 7.76. The number of halogens is 2. The summed E-state index contributed by atoms with van der Waals surface area (Å²) in [4.78, 5) is 9.39. The fourth-order valence-corrected chi connectivity index (χ4v) is 4.34. The summed E-state index contributed by atoms with van der Waals surface area (Å²) in [6.45, 7) is 6.84. The van der Waals surface area contributed by atoms with Crippen LogP contribution in [0.1, 0.15) is 12.0 Å². The minimum atomic E-state index is 0. The summed E-state index contributed by atoms with van der Waals surface area (Å²) in [7, 11) is 1.87. The quantitative estimate of drug-likeness (QED) is 0.382. The van der Waals surface area contributed by atoms with E-state index in [0.29, 0.717) is 6.04 Å². The van der Waals surface area contributed by atoms with Gasteiger partial charge in [-0.2, -0.15) is 0 Å². The molecule has 8 heteroatoms. The van der Waals surface area contributed by atoms with Gasteiger partial charge in [0.25, 0.3) is 0 Å². The predicted octanol–water partition coefficient (Wildman–Crippen LogP) is 2.61. The van der Waals surface area contributed by atoms with Gasteiger partial charge in [0, 0.05) is 45.8 Å². The lowest BCUT2D eigenvalue weighted by atomic mass is 10.2. The molecule has 0 saturated carbocycles. The number of nitrogens with one attached hydrogen (secondary N) is 1. The molecule has 1 unspecified atom stereocenters. The molecule has 0 radical (unpaired) electrons. The minimum Gasteiger partial charge on any atom is -0.379 e. The second kappa shape index (κ2) is 9.55. The van der Waals surface area contributed by atoms with Crippen molar-refractivity contribution >= 4 is 57.2 Å². The third-order valence-corrected chi connectivity index (χ3v) is 5.86. The van der Waals surface area contributed by atoms with Crippen molar-refractivity contribution < 1.29 is 4.74 Å². The van der Waals surface area contributed by atoms with Crippen LogP contribution < -0.4 is 5.32 Å². The maximum absolute atomic E-state index is 5.45. The number of hydrogen-bond donors (Lipinski definition) is 1. The molecule has 0 aromatic carbocycles. The molecular formula is C15H24BrIN4OS. The lowest BCUT2D eigenvalue weighted by molar-refractivity contribution is 0.0195. The number of aliphatic imine (C=N–C) groups is 1. The zero-order valence-electron chi connectivity index (χ0n) is 13.3. The summed E-state index contributed by atoms with van der Waals surface area (Å²) >= 11 is 5.23. The molecule has 5 nitrogen and oxygen atoms in total. The molecule has 1 atom stereocenters. The maximum Gasteiger partial charge on any atom is 0.193 e. The van der Waals surface area contributed by atoms with Crippen molar-refractivity contribution in [3.63, 3.8) is 0 Å². The van der Waals surface area contributed by atoms with E-state index in [-0.39, 0.29) is 24.0 Å². The van der Waals surface area contributed by atoms with E-state index in [9.17, 15) is 0 Å². The van der Waals surface area contributed by atoms with E-state index in [1.165, 1.54) is 15.8 Å². The van der Waals surface area contributed by atoms with Crippen molar-refractivity contribution in [2.24, 2.45) is 4.99 Å². The van der Waals surface area contributed by atoms with Gasteiger partial charge in [-0.15, -0.1) is 35.3 Å². The van der Waals surface area contributed by atoms with Crippen molar-refractivity contribution in [3.05, 3.63) is 20.8 Å². The Labute approximate surface area is 167 Å². The molecule has 1 aromatic heterocycles. The first kappa shape index (κ1) is 19.4. The van der Waals surface area contributed by atoms with Crippen LogP contribution in [0.3, 0.4) is 0 Å². The molecular weight excluding hydrogens is 491 g/mol. The Kier molecular flexibility index (Phi) is 8.06. The zero-order chi connectivity index (χ0) is 15.4. The van der Waals surface area contributed by atoms with Crippen LogP contribution in [0.25, 0.3) is 0 Å². The Bertz CT molecular complexity index is 521. The van der Waals surface area contributed by atoms with E-state index in [1.807, 2.05) is 7.05 Å². The average Bonchev–Trinajstić information content (AvgIpc) is 3.18. The largest absolute Gasteiger partial charge is 0.379 e. The van der Waals surface area contributed by atoms with E-state index < -0.39 is 0 Å². The van der Waals surface area contributed by atoms with E-state index in [0.717, 1.165) is 51.9 Å². The number of rotatable bonds is 3. The summed E-state index contributed by atoms with van der Waals surface area (Å²) in [6, 6.07) is 2.79. The fourth-order valence-electron chi connectivity index (χ4n) is 3.13. The molecule has 2 fully saturated rings. The summed E-state index contributed by atoms with van der Waals surface area (Å²) in [5.74, 6) is 1.01. The zero-order valence-corrected chi connectivity index (χ0v) is 18.1. The van der Waals surface area contributed by atoms with Gasteiger partial charge in [0.15, 0.2) is 5.96 Å². The molecule has 3 rings (SSSR count). The van der Waals surface area contributed by atoms with Crippen LogP contribution in [0.2, 0.25) is 0 Å². The summed E-state index contributed by atoms with van der Waals surface area (Å²) in [6.07, 6.45) is 1.21. The number of morpholine rings is 1. The molecule has 3 heterocycles. The van der Waals surface area contributed by atoms with E-state index in [2.05, 4.69) is 47.5 Å². The lowest BCUT2D eigenvalue weighted by Crippen LogP contribution is -2.46. The molecule has 0 spiro atoms. The van der Waals surface area contributed by atoms with Crippen LogP contribution in [0, 0.1) is 0 Å². The monoisotopic (exact) mass is 514 g/mol. The molecule has 1 aromatic rings. The first-order valence-corrected chi connectivity index (χ1v) is 9.44. The minimum absolute atomic E-state index is 0. The van der Waals surface area contributed by atoms with Crippen LogP contribution in [0.4, 0.5) is 0 Å². The number of nitrogens with zero attached hydrogens (tertiary/aromatic N) is 3. The van der Waals surface area contributed by atoms with Crippen LogP contribution in [-0.2, 0) is 11.3 Å². The van der Waals surface area contributed by atoms with Gasteiger partial charge in [-0.25, -0.2) is 0 Å². The Hall–Kier alpha value is 0.1000. The van der Waals surface area contributed by atoms with Crippen molar-refractivity contribution in [1.29, 1.82) is 0 Å². The maximum atomic E-state index is 5.45. The molecule has 0 aliphatic carbocycles. The van der Waals surface area contributed by atoms with Gasteiger partial charge in [-0.05, 0) is 39.4 Å². The van der Waals surface area contributed by atoms with Gasteiger partial charge in [-0.3, -0.25) is 9.89 Å². The molecule has 0 amide bonds. The van der Waals surface area contributed by atoms with Crippen molar-refractivity contribution in [2.45, 2.75) is 19.0 Å². The van der Waals surface area contributed by atoms with Crippen molar-refractivity contribution in [2.75, 3.05) is 46.4 Å². The Morgan fingerprint density at radius 1 is 1.43 bits per heavy atom. The van der Waals surface area contributed by atoms with Crippen LogP contribution in [0.5, 0.6) is 0 Å². The Balaban J connectivity index is 0.00000192. The van der Waals surface area contributed by atoms with Gasteiger partial charge in [0.1, 0.15) is 0 Å². The van der Waals surface area contributed by atoms with Crippen LogP contribution in [0.15, 0.2) is 20.2 Å². The molecule has 0 bridgehead atoms. The SMILES string of the molecule is CN=C(NCc1csc(Br)c1)N1CCC(N2CCOCC2)C1.I. The summed E-state index contributed by atoms with van der Waals surface area (Å²) in [5, 5.41) is 5.65. The van der Waals surface area contributed by atoms with Crippen molar-refractivity contribution in [1.82, 2.24) is 15.1 Å². The third kappa shape index (κ3) is 5.29. The predicted molar refractivity (Wildman–Crippen MR) is 110 cm³/mol. The third-order valence-electron chi connectivity index (χ3n) is 4.31. The molecule has 130 valence electrons. The van der Waals surface area contributed by atoms with Gasteiger partial charge in [-0.1, -0.05) is 0 Å². The molecule has 2 aliphatic heterocycles. The highest BCUT2D eigenvalue weighted by molar-refractivity contribution is 14.0. The molecule has 2 aliphatic rings. The van der Waals surface area contributed by atoms with Crippen LogP contribution in [-0.4, -0.2) is 68.2 Å². The van der Waals surface area contributed by atoms with Crippen molar-refractivity contribution in [3.8, 4) is 0 Å². The highest BCUT2D eigenvalue weighted by Gasteiger charge is 2.30. The number of likely N-dealkylation sites (tertiary alicyclic amines) is 1. The van der Waals surface area contributed by atoms with Gasteiger partial charge in [0.05, 0.1) is 17.0 Å². The molecule has 23 heavy (non-hydrogen) atoms. The summed E-state index contributed by atoms with van der Waals surface area (Å²) in [5.41, 5.74) is 1.29. The summed E-state index contributed by atoms with van der Waals surface area (Å²) < 4.78 is 6.62. The number of guanidine groups is 1. The Morgan fingerprint density at radius 2 is 2.22 bits per heavy atom. The number of thiophene rings is 1. The first-order chi connectivity index (χ1) is 10.8. The Morgan fingerprint density at radius 3 is 2.87 bits per heavy atom. The van der Waals surface area contributed by atoms with Gasteiger partial charge in [0.2, 0.25) is 0 Å². The fraction of sp³-hybridized carbons (Fsp3) is 0.667. The number of hydrogen-bond acceptors (Lipinski definition) is 4. The van der Waals surface area contributed by atoms with E-state index in [4.69, 9.17) is 4.74 Å². The lowest BCUT2D eigenvalue weighted by Gasteiger charge is -2.32. The highest BCUT2D eigenvalue weighted by Crippen LogP contribution is 2.21. The topological polar surface area (TPSA) is 40.1 Å². The second-order valence-corrected chi connectivity index (χ2v) is 7.99.